The van der Waals surface area contributed by atoms with E-state index >= 15 is 0 Å². The number of fused-ring (bicyclic) bond motifs is 1. The first-order valence-electron chi connectivity index (χ1n) is 10.7. The van der Waals surface area contributed by atoms with Crippen molar-refractivity contribution in [2.45, 2.75) is 52.4 Å². The Bertz CT molecular complexity index is 893. The van der Waals surface area contributed by atoms with Crippen LogP contribution in [-0.4, -0.2) is 23.3 Å². The number of rotatable bonds is 11. The first-order valence-corrected chi connectivity index (χ1v) is 10.7. The van der Waals surface area contributed by atoms with Gasteiger partial charge in [0.05, 0.1) is 5.69 Å². The van der Waals surface area contributed by atoms with Gasteiger partial charge in [-0.25, -0.2) is 0 Å². The van der Waals surface area contributed by atoms with Crippen LogP contribution in [0, 0.1) is 0 Å². The fourth-order valence-electron chi connectivity index (χ4n) is 3.67. The van der Waals surface area contributed by atoms with Gasteiger partial charge < -0.3 is 9.72 Å². The first-order chi connectivity index (χ1) is 13.7. The molecule has 3 aromatic rings. The zero-order valence-corrected chi connectivity index (χ0v) is 17.2. The van der Waals surface area contributed by atoms with Crippen molar-refractivity contribution in [2.24, 2.45) is 0 Å². The predicted octanol–water partition coefficient (Wildman–Crippen LogP) is 5.45. The fourth-order valence-corrected chi connectivity index (χ4v) is 3.67. The minimum Gasteiger partial charge on any atom is -0.317 e. The van der Waals surface area contributed by atoms with E-state index in [2.05, 4.69) is 43.4 Å². The third kappa shape index (κ3) is 4.90. The van der Waals surface area contributed by atoms with E-state index < -0.39 is 0 Å². The molecule has 3 rings (SSSR count). The lowest BCUT2D eigenvalue weighted by atomic mass is 10.00. The average molecular weight is 377 g/mol. The largest absolute Gasteiger partial charge is 0.317 e. The van der Waals surface area contributed by atoms with Crippen LogP contribution >= 0.6 is 0 Å². The van der Waals surface area contributed by atoms with Gasteiger partial charge in [0.2, 0.25) is 5.78 Å². The van der Waals surface area contributed by atoms with Crippen LogP contribution < -0.4 is 5.32 Å². The number of benzene rings is 1. The molecule has 0 fully saturated rings. The molecule has 0 atom stereocenters. The van der Waals surface area contributed by atoms with Crippen LogP contribution in [0.3, 0.4) is 0 Å². The van der Waals surface area contributed by atoms with Gasteiger partial charge in [0, 0.05) is 17.3 Å². The van der Waals surface area contributed by atoms with Crippen molar-refractivity contribution >= 4 is 11.3 Å². The Morgan fingerprint density at radius 2 is 1.75 bits per heavy atom. The van der Waals surface area contributed by atoms with Crippen LogP contribution in [0.15, 0.2) is 54.7 Å². The molecule has 0 aliphatic rings. The van der Waals surface area contributed by atoms with Crippen LogP contribution in [0.1, 0.15) is 66.7 Å². The van der Waals surface area contributed by atoms with Crippen LogP contribution in [0.5, 0.6) is 0 Å². The second-order valence-corrected chi connectivity index (χ2v) is 7.50. The van der Waals surface area contributed by atoms with Gasteiger partial charge in [-0.3, -0.25) is 4.79 Å². The van der Waals surface area contributed by atoms with Crippen LogP contribution in [-0.2, 0) is 12.8 Å². The molecular formula is C25H32N2O. The highest BCUT2D eigenvalue weighted by Crippen LogP contribution is 2.22. The van der Waals surface area contributed by atoms with Crippen LogP contribution in [0.2, 0.25) is 0 Å². The molecule has 28 heavy (non-hydrogen) atoms. The van der Waals surface area contributed by atoms with Gasteiger partial charge in [0.1, 0.15) is 0 Å². The van der Waals surface area contributed by atoms with Crippen LogP contribution in [0.25, 0.3) is 5.52 Å². The molecule has 3 heteroatoms. The van der Waals surface area contributed by atoms with Crippen molar-refractivity contribution in [1.29, 1.82) is 0 Å². The third-order valence-electron chi connectivity index (χ3n) is 5.24. The molecular weight excluding hydrogens is 344 g/mol. The molecule has 0 radical (unpaired) electrons. The quantitative estimate of drug-likeness (QED) is 0.357. The molecule has 3 nitrogen and oxygen atoms in total. The summed E-state index contributed by atoms with van der Waals surface area (Å²) in [4.78, 5) is 13.3. The average Bonchev–Trinajstić information content (AvgIpc) is 3.10. The molecule has 0 bridgehead atoms. The van der Waals surface area contributed by atoms with E-state index in [0.29, 0.717) is 0 Å². The maximum atomic E-state index is 13.3. The lowest BCUT2D eigenvalue weighted by Gasteiger charge is -2.08. The van der Waals surface area contributed by atoms with E-state index in [4.69, 9.17) is 0 Å². The molecule has 0 spiro atoms. The van der Waals surface area contributed by atoms with E-state index in [-0.39, 0.29) is 5.78 Å². The highest BCUT2D eigenvalue weighted by atomic mass is 16.1. The van der Waals surface area contributed by atoms with Gasteiger partial charge in [-0.15, -0.1) is 0 Å². The van der Waals surface area contributed by atoms with Gasteiger partial charge in [-0.1, -0.05) is 50.6 Å². The highest BCUT2D eigenvalue weighted by molar-refractivity contribution is 6.09. The molecule has 0 saturated carbocycles. The Hall–Kier alpha value is -2.39. The summed E-state index contributed by atoms with van der Waals surface area (Å²) in [5, 5.41) is 3.44. The number of aromatic nitrogens is 1. The van der Waals surface area contributed by atoms with Crippen molar-refractivity contribution in [3.05, 3.63) is 77.1 Å². The van der Waals surface area contributed by atoms with Gasteiger partial charge in [-0.2, -0.15) is 0 Å². The zero-order chi connectivity index (χ0) is 19.8. The highest BCUT2D eigenvalue weighted by Gasteiger charge is 2.18. The number of nitrogens with zero attached hydrogens (tertiary/aromatic N) is 1. The number of ketones is 1. The second kappa shape index (κ2) is 10.2. The number of hydrogen-bond acceptors (Lipinski definition) is 2. The number of unbranched alkanes of at least 4 members (excludes halogenated alkanes) is 1. The summed E-state index contributed by atoms with van der Waals surface area (Å²) in [5.41, 5.74) is 5.13. The van der Waals surface area contributed by atoms with Crippen LogP contribution in [0.4, 0.5) is 0 Å². The maximum Gasteiger partial charge on any atom is 0.210 e. The lowest BCUT2D eigenvalue weighted by Crippen LogP contribution is -2.16. The standard InChI is InChI=1S/C25H32N2O/c1-3-5-10-22-19-23-11-6-7-18-27(23)24(22)25(28)21-14-12-20(13-15-21)9-8-17-26-16-4-2/h6-7,11-15,18-19,26H,3-5,8-10,16-17H2,1-2H3. The summed E-state index contributed by atoms with van der Waals surface area (Å²) in [7, 11) is 0. The second-order valence-electron chi connectivity index (χ2n) is 7.50. The molecule has 0 amide bonds. The molecule has 0 aliphatic heterocycles. The number of pyridine rings is 1. The van der Waals surface area contributed by atoms with Gasteiger partial charge in [0.25, 0.3) is 0 Å². The Labute approximate surface area is 168 Å². The monoisotopic (exact) mass is 376 g/mol. The Morgan fingerprint density at radius 3 is 2.50 bits per heavy atom. The molecule has 0 saturated heterocycles. The summed E-state index contributed by atoms with van der Waals surface area (Å²) >= 11 is 0. The SMILES string of the molecule is CCCCc1cc2ccccn2c1C(=O)c1ccc(CCCNCCC)cc1. The third-order valence-corrected chi connectivity index (χ3v) is 5.24. The topological polar surface area (TPSA) is 33.5 Å². The summed E-state index contributed by atoms with van der Waals surface area (Å²) < 4.78 is 2.04. The summed E-state index contributed by atoms with van der Waals surface area (Å²) in [6.45, 7) is 6.50. The zero-order valence-electron chi connectivity index (χ0n) is 17.2. The van der Waals surface area contributed by atoms with Crippen molar-refractivity contribution in [1.82, 2.24) is 9.72 Å². The predicted molar refractivity (Wildman–Crippen MR) is 117 cm³/mol. The summed E-state index contributed by atoms with van der Waals surface area (Å²) in [6, 6.07) is 16.4. The lowest BCUT2D eigenvalue weighted by molar-refractivity contribution is 0.103. The van der Waals surface area contributed by atoms with E-state index in [1.165, 1.54) is 12.0 Å². The smallest absolute Gasteiger partial charge is 0.210 e. The number of carbonyl (C=O) groups is 1. The van der Waals surface area contributed by atoms with E-state index in [1.807, 2.05) is 34.9 Å². The minimum atomic E-state index is 0.119. The molecule has 1 aromatic carbocycles. The van der Waals surface area contributed by atoms with E-state index in [1.54, 1.807) is 0 Å². The maximum absolute atomic E-state index is 13.3. The van der Waals surface area contributed by atoms with Crippen molar-refractivity contribution in [3.63, 3.8) is 0 Å². The number of aryl methyl sites for hydroxylation is 2. The van der Waals surface area contributed by atoms with Crippen molar-refractivity contribution in [2.75, 3.05) is 13.1 Å². The molecule has 148 valence electrons. The molecule has 1 N–H and O–H groups in total. The molecule has 2 heterocycles. The number of hydrogen-bond donors (Lipinski definition) is 1. The molecule has 0 unspecified atom stereocenters. The number of carbonyl (C=O) groups excluding carboxylic acids is 1. The minimum absolute atomic E-state index is 0.119. The Balaban J connectivity index is 1.76. The molecule has 0 aliphatic carbocycles. The van der Waals surface area contributed by atoms with Crippen molar-refractivity contribution < 1.29 is 4.79 Å². The van der Waals surface area contributed by atoms with Gasteiger partial charge >= 0.3 is 0 Å². The van der Waals surface area contributed by atoms with E-state index in [0.717, 1.165) is 67.5 Å². The number of nitrogens with one attached hydrogen (secondary N) is 1. The van der Waals surface area contributed by atoms with E-state index in [9.17, 15) is 4.79 Å². The fraction of sp³-hybridized carbons (Fsp3) is 0.400. The Kier molecular flexibility index (Phi) is 7.44. The molecule has 2 aromatic heterocycles. The summed E-state index contributed by atoms with van der Waals surface area (Å²) in [6.07, 6.45) is 8.51. The van der Waals surface area contributed by atoms with Gasteiger partial charge in [-0.05, 0) is 74.5 Å². The van der Waals surface area contributed by atoms with Gasteiger partial charge in [0.15, 0.2) is 0 Å². The summed E-state index contributed by atoms with van der Waals surface area (Å²) in [5.74, 6) is 0.119. The first kappa shape index (κ1) is 20.3. The Morgan fingerprint density at radius 1 is 0.929 bits per heavy atom. The normalized spacial score (nSPS) is 11.2. The van der Waals surface area contributed by atoms with Crippen molar-refractivity contribution in [3.8, 4) is 0 Å².